The summed E-state index contributed by atoms with van der Waals surface area (Å²) in [5, 5.41) is 3.03. The summed E-state index contributed by atoms with van der Waals surface area (Å²) in [4.78, 5) is 5.96. The average molecular weight is 585 g/mol. The SMILES string of the molecule is CC(C)(C)CCN1CCCC(S(=O)(=O)c2ccc(-c3c(Cl)cc(-n4nc(N)nc4N)cc3C(F)(F)F)cc2)C1. The minimum atomic E-state index is -4.78. The predicted octanol–water partition coefficient (Wildman–Crippen LogP) is 5.45. The van der Waals surface area contributed by atoms with Crippen LogP contribution in [0.1, 0.15) is 45.6 Å². The number of nitrogen functional groups attached to an aromatic ring is 2. The first-order chi connectivity index (χ1) is 18.1. The van der Waals surface area contributed by atoms with Crippen LogP contribution in [0.2, 0.25) is 5.02 Å². The molecule has 2 aromatic carbocycles. The molecule has 212 valence electrons. The Bertz CT molecular complexity index is 1450. The average Bonchev–Trinajstić information content (AvgIpc) is 3.19. The van der Waals surface area contributed by atoms with Crippen molar-refractivity contribution in [1.29, 1.82) is 0 Å². The van der Waals surface area contributed by atoms with Gasteiger partial charge >= 0.3 is 6.18 Å². The third kappa shape index (κ3) is 6.50. The van der Waals surface area contributed by atoms with Crippen molar-refractivity contribution in [2.24, 2.45) is 5.41 Å². The number of piperidine rings is 1. The lowest BCUT2D eigenvalue weighted by Crippen LogP contribution is -2.43. The molecule has 8 nitrogen and oxygen atoms in total. The highest BCUT2D eigenvalue weighted by Gasteiger charge is 2.36. The van der Waals surface area contributed by atoms with Crippen molar-refractivity contribution in [2.75, 3.05) is 31.1 Å². The Morgan fingerprint density at radius 1 is 1.10 bits per heavy atom. The van der Waals surface area contributed by atoms with Crippen LogP contribution in [0.5, 0.6) is 0 Å². The first-order valence-electron chi connectivity index (χ1n) is 12.5. The number of sulfone groups is 1. The highest BCUT2D eigenvalue weighted by atomic mass is 35.5. The molecule has 1 aromatic heterocycles. The van der Waals surface area contributed by atoms with Gasteiger partial charge in [0, 0.05) is 12.1 Å². The fourth-order valence-electron chi connectivity index (χ4n) is 4.73. The van der Waals surface area contributed by atoms with Crippen molar-refractivity contribution in [3.63, 3.8) is 0 Å². The summed E-state index contributed by atoms with van der Waals surface area (Å²) in [6, 6.07) is 7.52. The van der Waals surface area contributed by atoms with Crippen LogP contribution < -0.4 is 11.5 Å². The van der Waals surface area contributed by atoms with Gasteiger partial charge < -0.3 is 16.4 Å². The van der Waals surface area contributed by atoms with Gasteiger partial charge in [0.25, 0.3) is 0 Å². The van der Waals surface area contributed by atoms with Gasteiger partial charge in [-0.05, 0) is 67.6 Å². The Labute approximate surface area is 231 Å². The van der Waals surface area contributed by atoms with E-state index in [0.29, 0.717) is 13.0 Å². The number of hydrogen-bond acceptors (Lipinski definition) is 7. The third-order valence-electron chi connectivity index (χ3n) is 6.82. The van der Waals surface area contributed by atoms with Crippen molar-refractivity contribution in [3.05, 3.63) is 47.0 Å². The molecule has 0 amide bonds. The lowest BCUT2D eigenvalue weighted by molar-refractivity contribution is -0.137. The normalized spacial score (nSPS) is 17.5. The van der Waals surface area contributed by atoms with Gasteiger partial charge in [-0.25, -0.2) is 8.42 Å². The molecule has 1 atom stereocenters. The number of benzene rings is 2. The number of anilines is 2. The van der Waals surface area contributed by atoms with Crippen LogP contribution in [0, 0.1) is 5.41 Å². The molecule has 4 N–H and O–H groups in total. The Morgan fingerprint density at radius 3 is 2.33 bits per heavy atom. The number of nitrogens with two attached hydrogens (primary N) is 2. The van der Waals surface area contributed by atoms with Crippen molar-refractivity contribution in [1.82, 2.24) is 19.7 Å². The zero-order valence-corrected chi connectivity index (χ0v) is 23.5. The first-order valence-corrected chi connectivity index (χ1v) is 14.4. The Morgan fingerprint density at radius 2 is 1.77 bits per heavy atom. The third-order valence-corrected chi connectivity index (χ3v) is 9.31. The molecule has 1 aliphatic heterocycles. The molecule has 1 aliphatic rings. The standard InChI is InChI=1S/C26H32ClF3N6O2S/c1-25(2,3)10-12-35-11-4-5-19(15-35)39(37,38)18-8-6-16(7-9-18)22-20(26(28,29)30)13-17(14-21(22)27)36-24(32)33-23(31)34-36/h6-9,13-14,19H,4-5,10-12,15H2,1-3H3,(H4,31,32,33,34). The maximum Gasteiger partial charge on any atom is 0.417 e. The van der Waals surface area contributed by atoms with E-state index in [9.17, 15) is 21.6 Å². The van der Waals surface area contributed by atoms with E-state index in [1.54, 1.807) is 0 Å². The van der Waals surface area contributed by atoms with Crippen molar-refractivity contribution < 1.29 is 21.6 Å². The van der Waals surface area contributed by atoms with E-state index in [0.717, 1.165) is 36.7 Å². The molecule has 0 spiro atoms. The number of hydrogen-bond donors (Lipinski definition) is 2. The van der Waals surface area contributed by atoms with Gasteiger partial charge in [0.2, 0.25) is 11.9 Å². The molecule has 13 heteroatoms. The summed E-state index contributed by atoms with van der Waals surface area (Å²) >= 11 is 6.36. The molecule has 0 bridgehead atoms. The zero-order chi connectivity index (χ0) is 28.8. The van der Waals surface area contributed by atoms with Crippen LogP contribution >= 0.6 is 11.6 Å². The predicted molar refractivity (Wildman–Crippen MR) is 146 cm³/mol. The van der Waals surface area contributed by atoms with E-state index in [4.69, 9.17) is 23.1 Å². The van der Waals surface area contributed by atoms with Gasteiger partial charge in [0.05, 0.1) is 26.4 Å². The Kier molecular flexibility index (Phi) is 7.94. The molecular weight excluding hydrogens is 553 g/mol. The maximum atomic E-state index is 14.1. The first kappa shape index (κ1) is 29.2. The van der Waals surface area contributed by atoms with Gasteiger partial charge in [-0.3, -0.25) is 0 Å². The van der Waals surface area contributed by atoms with Crippen LogP contribution in [0.3, 0.4) is 0 Å². The number of nitrogens with zero attached hydrogens (tertiary/aromatic N) is 4. The lowest BCUT2D eigenvalue weighted by Gasteiger charge is -2.34. The summed E-state index contributed by atoms with van der Waals surface area (Å²) < 4.78 is 70.3. The minimum absolute atomic E-state index is 0.0645. The van der Waals surface area contributed by atoms with Crippen molar-refractivity contribution >= 4 is 33.3 Å². The molecule has 1 saturated heterocycles. The molecule has 0 aliphatic carbocycles. The van der Waals surface area contributed by atoms with Gasteiger partial charge in [0.1, 0.15) is 0 Å². The molecule has 0 radical (unpaired) electrons. The number of alkyl halides is 3. The highest BCUT2D eigenvalue weighted by molar-refractivity contribution is 7.92. The number of halogens is 4. The smallest absolute Gasteiger partial charge is 0.368 e. The second kappa shape index (κ2) is 10.6. The molecule has 3 aromatic rings. The molecule has 2 heterocycles. The fraction of sp³-hybridized carbons (Fsp3) is 0.462. The molecular formula is C26H32ClF3N6O2S. The largest absolute Gasteiger partial charge is 0.417 e. The van der Waals surface area contributed by atoms with E-state index in [2.05, 4.69) is 35.8 Å². The topological polar surface area (TPSA) is 120 Å². The highest BCUT2D eigenvalue weighted by Crippen LogP contribution is 2.43. The number of rotatable bonds is 6. The quantitative estimate of drug-likeness (QED) is 0.395. The molecule has 0 saturated carbocycles. The number of likely N-dealkylation sites (tertiary alicyclic amines) is 1. The van der Waals surface area contributed by atoms with E-state index >= 15 is 0 Å². The zero-order valence-electron chi connectivity index (χ0n) is 22.0. The summed E-state index contributed by atoms with van der Waals surface area (Å²) in [5.41, 5.74) is 10.1. The second-order valence-electron chi connectivity index (χ2n) is 11.0. The lowest BCUT2D eigenvalue weighted by atomic mass is 9.92. The molecule has 1 fully saturated rings. The number of aromatic nitrogens is 3. The molecule has 1 unspecified atom stereocenters. The maximum absolute atomic E-state index is 14.1. The van der Waals surface area contributed by atoms with E-state index in [1.165, 1.54) is 30.3 Å². The van der Waals surface area contributed by atoms with E-state index in [-0.39, 0.29) is 44.0 Å². The Balaban J connectivity index is 1.64. The van der Waals surface area contributed by atoms with Gasteiger partial charge in [-0.2, -0.15) is 22.8 Å². The summed E-state index contributed by atoms with van der Waals surface area (Å²) in [7, 11) is -3.68. The van der Waals surface area contributed by atoms with E-state index in [1.807, 2.05) is 0 Å². The van der Waals surface area contributed by atoms with Crippen molar-refractivity contribution in [3.8, 4) is 16.8 Å². The van der Waals surface area contributed by atoms with Crippen LogP contribution in [0.15, 0.2) is 41.3 Å². The summed E-state index contributed by atoms with van der Waals surface area (Å²) in [6.07, 6.45) is -2.52. The Hall–Kier alpha value is -2.83. The van der Waals surface area contributed by atoms with Gasteiger partial charge in [0.15, 0.2) is 9.84 Å². The van der Waals surface area contributed by atoms with Crippen LogP contribution in [0.25, 0.3) is 16.8 Å². The summed E-state index contributed by atoms with van der Waals surface area (Å²) in [5.74, 6) is -0.396. The second-order valence-corrected chi connectivity index (χ2v) is 13.7. The van der Waals surface area contributed by atoms with E-state index < -0.39 is 26.8 Å². The van der Waals surface area contributed by atoms with Crippen LogP contribution in [-0.2, 0) is 16.0 Å². The van der Waals surface area contributed by atoms with Crippen LogP contribution in [-0.4, -0.2) is 53.0 Å². The van der Waals surface area contributed by atoms with Gasteiger partial charge in [-0.1, -0.05) is 44.5 Å². The molecule has 4 rings (SSSR count). The molecule has 39 heavy (non-hydrogen) atoms. The van der Waals surface area contributed by atoms with Gasteiger partial charge in [-0.15, -0.1) is 5.10 Å². The minimum Gasteiger partial charge on any atom is -0.368 e. The monoisotopic (exact) mass is 584 g/mol. The summed E-state index contributed by atoms with van der Waals surface area (Å²) in [6.45, 7) is 8.55. The fourth-order valence-corrected chi connectivity index (χ4v) is 6.84. The van der Waals surface area contributed by atoms with Crippen LogP contribution in [0.4, 0.5) is 25.1 Å². The van der Waals surface area contributed by atoms with Crippen molar-refractivity contribution in [2.45, 2.75) is 56.4 Å².